The Balaban J connectivity index is 1.67. The van der Waals surface area contributed by atoms with Crippen LogP contribution in [0.3, 0.4) is 0 Å². The largest absolute Gasteiger partial charge is 0.419 e. The fourth-order valence-electron chi connectivity index (χ4n) is 3.42. The van der Waals surface area contributed by atoms with Crippen LogP contribution in [0.15, 0.2) is 43.5 Å². The molecule has 3 aromatic heterocycles. The van der Waals surface area contributed by atoms with Crippen LogP contribution in [-0.2, 0) is 31.5 Å². The van der Waals surface area contributed by atoms with Crippen molar-refractivity contribution in [1.82, 2.24) is 13.7 Å². The van der Waals surface area contributed by atoms with Crippen LogP contribution in [0.25, 0.3) is 21.5 Å². The van der Waals surface area contributed by atoms with Gasteiger partial charge in [0.25, 0.3) is 11.5 Å². The van der Waals surface area contributed by atoms with Crippen molar-refractivity contribution in [1.29, 1.82) is 0 Å². The molecule has 0 bridgehead atoms. The lowest BCUT2D eigenvalue weighted by molar-refractivity contribution is -0.140. The fraction of sp³-hybridized carbons (Fsp3) is 0.190. The molecular weight excluding hydrogens is 496 g/mol. The Labute approximate surface area is 196 Å². The number of aryl methyl sites for hydroxylation is 1. The summed E-state index contributed by atoms with van der Waals surface area (Å²) in [6.45, 7) is 0. The van der Waals surface area contributed by atoms with Gasteiger partial charge in [0.1, 0.15) is 10.6 Å². The minimum Gasteiger partial charge on any atom is -0.315 e. The van der Waals surface area contributed by atoms with Crippen LogP contribution in [-0.4, -0.2) is 19.6 Å². The standard InChI is InChI=1S/C21H15F4N4O3S2/c1-27-14(10-4-5-12(13(22)6-10)21(23,24)25)9-34-19(27)26-15(30)7-11-8-33-18-16(11)17(31)28(2)20(32)29(18)3/h4-6,8-9H,1,7H2,2-3H3/b26-19-. The van der Waals surface area contributed by atoms with E-state index in [0.29, 0.717) is 16.5 Å². The van der Waals surface area contributed by atoms with E-state index in [1.807, 2.05) is 0 Å². The van der Waals surface area contributed by atoms with Gasteiger partial charge < -0.3 is 4.57 Å². The molecule has 3 heterocycles. The molecule has 0 saturated carbocycles. The SMILES string of the molecule is [CH2]n1c(-c2ccc(C(F)(F)F)c(F)c2)cs/c1=N\C(=O)Cc1csc2c1c(=O)n(C)c(=O)n2C. The lowest BCUT2D eigenvalue weighted by Gasteiger charge is -2.09. The number of thiophene rings is 1. The number of hydrogen-bond acceptors (Lipinski definition) is 5. The number of aromatic nitrogens is 3. The molecule has 4 rings (SSSR count). The van der Waals surface area contributed by atoms with E-state index in [9.17, 15) is 31.9 Å². The second-order valence-electron chi connectivity index (χ2n) is 7.35. The molecule has 1 aromatic carbocycles. The van der Waals surface area contributed by atoms with Crippen molar-refractivity contribution in [3.8, 4) is 11.3 Å². The van der Waals surface area contributed by atoms with Gasteiger partial charge in [-0.15, -0.1) is 22.7 Å². The summed E-state index contributed by atoms with van der Waals surface area (Å²) in [5.74, 6) is -2.02. The van der Waals surface area contributed by atoms with Gasteiger partial charge in [-0.25, -0.2) is 9.18 Å². The summed E-state index contributed by atoms with van der Waals surface area (Å²) >= 11 is 2.16. The molecular formula is C21H15F4N4O3S2. The lowest BCUT2D eigenvalue weighted by Crippen LogP contribution is -2.36. The summed E-state index contributed by atoms with van der Waals surface area (Å²) < 4.78 is 55.9. The Morgan fingerprint density at radius 1 is 1.12 bits per heavy atom. The van der Waals surface area contributed by atoms with E-state index >= 15 is 0 Å². The Morgan fingerprint density at radius 2 is 1.82 bits per heavy atom. The smallest absolute Gasteiger partial charge is 0.315 e. The first kappa shape index (κ1) is 23.8. The number of thiazole rings is 1. The molecule has 0 N–H and O–H groups in total. The summed E-state index contributed by atoms with van der Waals surface area (Å²) in [4.78, 5) is 41.8. The van der Waals surface area contributed by atoms with Crippen LogP contribution in [0.4, 0.5) is 17.6 Å². The van der Waals surface area contributed by atoms with E-state index in [0.717, 1.165) is 39.4 Å². The average Bonchev–Trinajstić information content (AvgIpc) is 3.33. The van der Waals surface area contributed by atoms with Gasteiger partial charge in [-0.1, -0.05) is 6.07 Å². The Kier molecular flexibility index (Phi) is 5.94. The lowest BCUT2D eigenvalue weighted by atomic mass is 10.1. The first-order valence-corrected chi connectivity index (χ1v) is 11.3. The normalized spacial score (nSPS) is 12.6. The Bertz CT molecular complexity index is 1640. The summed E-state index contributed by atoms with van der Waals surface area (Å²) in [5.41, 5.74) is -1.55. The number of rotatable bonds is 3. The summed E-state index contributed by atoms with van der Waals surface area (Å²) in [5, 5.41) is 3.36. The van der Waals surface area contributed by atoms with Gasteiger partial charge >= 0.3 is 11.9 Å². The summed E-state index contributed by atoms with van der Waals surface area (Å²) in [7, 11) is 6.63. The molecule has 0 atom stereocenters. The van der Waals surface area contributed by atoms with Crippen LogP contribution < -0.4 is 16.1 Å². The highest BCUT2D eigenvalue weighted by atomic mass is 32.1. The highest BCUT2D eigenvalue weighted by Gasteiger charge is 2.34. The van der Waals surface area contributed by atoms with Crippen molar-refractivity contribution >= 4 is 38.8 Å². The highest BCUT2D eigenvalue weighted by Crippen LogP contribution is 2.33. The van der Waals surface area contributed by atoms with Crippen molar-refractivity contribution in [3.05, 3.63) is 78.6 Å². The van der Waals surface area contributed by atoms with Gasteiger partial charge in [0, 0.05) is 32.1 Å². The van der Waals surface area contributed by atoms with E-state index in [2.05, 4.69) is 12.0 Å². The minimum absolute atomic E-state index is 0.138. The third-order valence-corrected chi connectivity index (χ3v) is 7.14. The quantitative estimate of drug-likeness (QED) is 0.396. The number of benzene rings is 1. The maximum atomic E-state index is 14.0. The summed E-state index contributed by atoms with van der Waals surface area (Å²) in [6, 6.07) is 2.49. The van der Waals surface area contributed by atoms with Crippen LogP contribution in [0.2, 0.25) is 0 Å². The van der Waals surface area contributed by atoms with Gasteiger partial charge in [0.2, 0.25) is 0 Å². The zero-order valence-corrected chi connectivity index (χ0v) is 19.3. The Morgan fingerprint density at radius 3 is 2.47 bits per heavy atom. The van der Waals surface area contributed by atoms with Crippen LogP contribution in [0.1, 0.15) is 11.1 Å². The first-order valence-electron chi connectivity index (χ1n) is 9.52. The maximum absolute atomic E-state index is 14.0. The van der Waals surface area contributed by atoms with Gasteiger partial charge in [-0.2, -0.15) is 18.2 Å². The summed E-state index contributed by atoms with van der Waals surface area (Å²) in [6.07, 6.45) is -5.03. The number of carbonyl (C=O) groups is 1. The molecule has 13 heteroatoms. The second-order valence-corrected chi connectivity index (χ2v) is 9.05. The monoisotopic (exact) mass is 511 g/mol. The van der Waals surface area contributed by atoms with Crippen LogP contribution >= 0.6 is 22.7 Å². The predicted octanol–water partition coefficient (Wildman–Crippen LogP) is 3.30. The Hall–Kier alpha value is -3.32. The molecule has 0 fully saturated rings. The molecule has 0 aliphatic carbocycles. The van der Waals surface area contributed by atoms with E-state index in [-0.39, 0.29) is 27.9 Å². The van der Waals surface area contributed by atoms with Gasteiger partial charge in [0.05, 0.1) is 23.1 Å². The van der Waals surface area contributed by atoms with Crippen molar-refractivity contribution in [3.63, 3.8) is 0 Å². The third-order valence-electron chi connectivity index (χ3n) is 5.17. The first-order chi connectivity index (χ1) is 15.9. The molecule has 0 spiro atoms. The number of hydrogen-bond donors (Lipinski definition) is 0. The fourth-order valence-corrected chi connectivity index (χ4v) is 5.31. The van der Waals surface area contributed by atoms with Crippen molar-refractivity contribution < 1.29 is 22.4 Å². The zero-order valence-electron chi connectivity index (χ0n) is 17.6. The molecule has 177 valence electrons. The number of carbonyl (C=O) groups excluding carboxylic acids is 1. The number of halogens is 4. The maximum Gasteiger partial charge on any atom is 0.419 e. The highest BCUT2D eigenvalue weighted by molar-refractivity contribution is 7.17. The number of fused-ring (bicyclic) bond motifs is 1. The van der Waals surface area contributed by atoms with E-state index < -0.39 is 34.7 Å². The topological polar surface area (TPSA) is 78.4 Å². The van der Waals surface area contributed by atoms with Gasteiger partial charge in [-0.3, -0.25) is 18.7 Å². The molecule has 0 aliphatic rings. The number of alkyl halides is 3. The van der Waals surface area contributed by atoms with E-state index in [1.165, 1.54) is 28.6 Å². The predicted molar refractivity (Wildman–Crippen MR) is 120 cm³/mol. The molecule has 4 aromatic rings. The van der Waals surface area contributed by atoms with Crippen molar-refractivity contribution in [2.45, 2.75) is 12.6 Å². The second kappa shape index (κ2) is 8.47. The molecule has 0 saturated heterocycles. The third kappa shape index (κ3) is 4.05. The van der Waals surface area contributed by atoms with E-state index in [4.69, 9.17) is 0 Å². The number of amides is 1. The minimum atomic E-state index is -4.82. The molecule has 0 aliphatic heterocycles. The van der Waals surface area contributed by atoms with Crippen LogP contribution in [0.5, 0.6) is 0 Å². The van der Waals surface area contributed by atoms with E-state index in [1.54, 1.807) is 5.38 Å². The number of nitrogens with zero attached hydrogens (tertiary/aromatic N) is 4. The van der Waals surface area contributed by atoms with Crippen molar-refractivity contribution in [2.24, 2.45) is 19.1 Å². The molecule has 1 radical (unpaired) electrons. The zero-order chi connectivity index (χ0) is 24.9. The molecule has 34 heavy (non-hydrogen) atoms. The van der Waals surface area contributed by atoms with Gasteiger partial charge in [0.15, 0.2) is 4.80 Å². The molecule has 7 nitrogen and oxygen atoms in total. The average molecular weight is 512 g/mol. The van der Waals surface area contributed by atoms with Crippen molar-refractivity contribution in [2.75, 3.05) is 0 Å². The van der Waals surface area contributed by atoms with Gasteiger partial charge in [-0.05, 0) is 23.1 Å². The van der Waals surface area contributed by atoms with Crippen LogP contribution in [0, 0.1) is 12.9 Å². The molecule has 1 amide bonds. The molecule has 0 unspecified atom stereocenters.